The molecule has 214 valence electrons. The van der Waals surface area contributed by atoms with Gasteiger partial charge >= 0.3 is 0 Å². The third kappa shape index (κ3) is 4.75. The van der Waals surface area contributed by atoms with Crippen LogP contribution in [0.15, 0.2) is 61.2 Å². The van der Waals surface area contributed by atoms with Crippen molar-refractivity contribution in [2.24, 2.45) is 5.73 Å². The van der Waals surface area contributed by atoms with Crippen LogP contribution >= 0.6 is 0 Å². The summed E-state index contributed by atoms with van der Waals surface area (Å²) in [7, 11) is 0. The minimum absolute atomic E-state index is 0.272. The van der Waals surface area contributed by atoms with Crippen LogP contribution in [0.25, 0.3) is 45.1 Å². The lowest BCUT2D eigenvalue weighted by Gasteiger charge is -2.35. The maximum Gasteiger partial charge on any atom is 0.143 e. The number of morpholine rings is 1. The van der Waals surface area contributed by atoms with Gasteiger partial charge in [-0.25, -0.2) is 15.0 Å². The Bertz CT molecular complexity index is 1690. The van der Waals surface area contributed by atoms with E-state index >= 15 is 0 Å². The summed E-state index contributed by atoms with van der Waals surface area (Å²) in [4.78, 5) is 30.4. The van der Waals surface area contributed by atoms with E-state index in [0.29, 0.717) is 12.1 Å². The van der Waals surface area contributed by atoms with Crippen LogP contribution < -0.4 is 10.6 Å². The fourth-order valence-electron chi connectivity index (χ4n) is 6.88. The zero-order chi connectivity index (χ0) is 28.0. The first-order valence-corrected chi connectivity index (χ1v) is 15.0. The molecule has 42 heavy (non-hydrogen) atoms. The molecule has 3 saturated heterocycles. The van der Waals surface area contributed by atoms with Gasteiger partial charge in [0.25, 0.3) is 0 Å². The number of rotatable bonds is 6. The fraction of sp³-hybridized carbons (Fsp3) is 0.375. The Morgan fingerprint density at radius 1 is 0.881 bits per heavy atom. The number of H-pyrrole nitrogens is 2. The number of pyridine rings is 1. The molecule has 0 saturated carbocycles. The van der Waals surface area contributed by atoms with E-state index in [1.807, 2.05) is 12.4 Å². The Morgan fingerprint density at radius 2 is 1.71 bits per heavy atom. The summed E-state index contributed by atoms with van der Waals surface area (Å²) >= 11 is 0. The van der Waals surface area contributed by atoms with Crippen LogP contribution in [0.5, 0.6) is 0 Å². The minimum atomic E-state index is 0.272. The van der Waals surface area contributed by atoms with E-state index in [9.17, 15) is 0 Å². The second-order valence-corrected chi connectivity index (χ2v) is 11.9. The number of likely N-dealkylation sites (tertiary alicyclic amines) is 1. The summed E-state index contributed by atoms with van der Waals surface area (Å²) in [6.07, 6.45) is 9.98. The van der Waals surface area contributed by atoms with Crippen molar-refractivity contribution in [3.63, 3.8) is 0 Å². The van der Waals surface area contributed by atoms with Crippen molar-refractivity contribution in [1.29, 1.82) is 0 Å². The molecular formula is C32H35N9O. The average Bonchev–Trinajstić information content (AvgIpc) is 3.74. The number of fused-ring (bicyclic) bond motifs is 3. The Labute approximate surface area is 244 Å². The third-order valence-corrected chi connectivity index (χ3v) is 8.98. The molecule has 2 bridgehead atoms. The normalized spacial score (nSPS) is 22.7. The Morgan fingerprint density at radius 3 is 2.55 bits per heavy atom. The van der Waals surface area contributed by atoms with Crippen molar-refractivity contribution in [2.45, 2.75) is 50.4 Å². The van der Waals surface area contributed by atoms with Crippen LogP contribution in [0.2, 0.25) is 0 Å². The van der Waals surface area contributed by atoms with Crippen molar-refractivity contribution in [1.82, 2.24) is 34.8 Å². The van der Waals surface area contributed by atoms with Gasteiger partial charge in [-0.05, 0) is 61.6 Å². The number of anilines is 1. The summed E-state index contributed by atoms with van der Waals surface area (Å²) in [5.41, 5.74) is 13.2. The molecule has 8 rings (SSSR count). The van der Waals surface area contributed by atoms with Crippen molar-refractivity contribution < 1.29 is 4.74 Å². The predicted molar refractivity (Wildman–Crippen MR) is 163 cm³/mol. The molecule has 7 heterocycles. The van der Waals surface area contributed by atoms with Gasteiger partial charge in [-0.3, -0.25) is 9.88 Å². The number of ether oxygens (including phenoxy) is 1. The first-order valence-electron chi connectivity index (χ1n) is 15.0. The number of aromatic amines is 2. The fourth-order valence-corrected chi connectivity index (χ4v) is 6.88. The molecule has 3 atom stereocenters. The first-order chi connectivity index (χ1) is 20.7. The zero-order valence-corrected chi connectivity index (χ0v) is 23.5. The number of hydrogen-bond donors (Lipinski definition) is 3. The Balaban J connectivity index is 1.01. The van der Waals surface area contributed by atoms with Gasteiger partial charge in [-0.15, -0.1) is 0 Å². The molecule has 10 nitrogen and oxygen atoms in total. The minimum Gasteiger partial charge on any atom is -0.377 e. The highest BCUT2D eigenvalue weighted by Crippen LogP contribution is 2.37. The molecule has 0 radical (unpaired) electrons. The number of aromatic nitrogens is 6. The molecule has 10 heteroatoms. The van der Waals surface area contributed by atoms with E-state index in [2.05, 4.69) is 77.2 Å². The predicted octanol–water partition coefficient (Wildman–Crippen LogP) is 4.37. The Hall–Kier alpha value is -4.12. The van der Waals surface area contributed by atoms with Gasteiger partial charge in [0.05, 0.1) is 48.3 Å². The number of nitrogens with one attached hydrogen (secondary N) is 2. The van der Waals surface area contributed by atoms with Gasteiger partial charge < -0.3 is 25.3 Å². The maximum atomic E-state index is 6.18. The van der Waals surface area contributed by atoms with Crippen molar-refractivity contribution in [3.05, 3.63) is 66.7 Å². The lowest BCUT2D eigenvalue weighted by atomic mass is 10.1. The Kier molecular flexibility index (Phi) is 6.46. The molecule has 1 aromatic carbocycles. The highest BCUT2D eigenvalue weighted by Gasteiger charge is 2.39. The monoisotopic (exact) mass is 561 g/mol. The van der Waals surface area contributed by atoms with Crippen LogP contribution in [0.3, 0.4) is 0 Å². The zero-order valence-electron chi connectivity index (χ0n) is 23.5. The molecular weight excluding hydrogens is 526 g/mol. The van der Waals surface area contributed by atoms with Crippen LogP contribution in [0.4, 0.5) is 5.82 Å². The van der Waals surface area contributed by atoms with Gasteiger partial charge in [0.1, 0.15) is 23.6 Å². The molecule has 0 spiro atoms. The molecule has 4 aromatic heterocycles. The third-order valence-electron chi connectivity index (χ3n) is 8.98. The van der Waals surface area contributed by atoms with E-state index in [-0.39, 0.29) is 6.04 Å². The SMILES string of the molecule is N[C@@H]1CCCN(Cc2ccnc(-c3cnc(-c4ccc(-c5cc6c(N7[C@@H]8CC[C@H]7COC8)ncnc6[nH]5)cc4)[nH]3)c2)C1. The molecule has 3 aliphatic heterocycles. The van der Waals surface area contributed by atoms with Gasteiger partial charge in [0, 0.05) is 36.6 Å². The molecule has 3 fully saturated rings. The number of piperidine rings is 1. The smallest absolute Gasteiger partial charge is 0.143 e. The summed E-state index contributed by atoms with van der Waals surface area (Å²) in [5, 5.41) is 1.06. The number of nitrogens with two attached hydrogens (primary N) is 1. The lowest BCUT2D eigenvalue weighted by molar-refractivity contribution is 0.0904. The van der Waals surface area contributed by atoms with E-state index in [0.717, 1.165) is 109 Å². The number of imidazole rings is 1. The molecule has 5 aromatic rings. The molecule has 4 N–H and O–H groups in total. The van der Waals surface area contributed by atoms with E-state index in [1.54, 1.807) is 6.33 Å². The van der Waals surface area contributed by atoms with E-state index in [1.165, 1.54) is 5.56 Å². The number of hydrogen-bond acceptors (Lipinski definition) is 8. The topological polar surface area (TPSA) is 125 Å². The lowest BCUT2D eigenvalue weighted by Crippen LogP contribution is -2.46. The second kappa shape index (κ2) is 10.6. The van der Waals surface area contributed by atoms with Crippen molar-refractivity contribution in [3.8, 4) is 34.0 Å². The number of benzene rings is 1. The number of nitrogens with zero attached hydrogens (tertiary/aromatic N) is 6. The molecule has 0 aliphatic carbocycles. The highest BCUT2D eigenvalue weighted by atomic mass is 16.5. The quantitative estimate of drug-likeness (QED) is 0.279. The summed E-state index contributed by atoms with van der Waals surface area (Å²) in [5.74, 6) is 1.83. The maximum absolute atomic E-state index is 6.18. The largest absolute Gasteiger partial charge is 0.377 e. The summed E-state index contributed by atoms with van der Waals surface area (Å²) in [6, 6.07) is 15.9. The van der Waals surface area contributed by atoms with Crippen LogP contribution in [-0.4, -0.2) is 79.2 Å². The van der Waals surface area contributed by atoms with Gasteiger partial charge in [0.2, 0.25) is 0 Å². The van der Waals surface area contributed by atoms with Crippen molar-refractivity contribution in [2.75, 3.05) is 31.2 Å². The van der Waals surface area contributed by atoms with Gasteiger partial charge in [-0.2, -0.15) is 0 Å². The van der Waals surface area contributed by atoms with Gasteiger partial charge in [0.15, 0.2) is 0 Å². The highest BCUT2D eigenvalue weighted by molar-refractivity contribution is 5.92. The van der Waals surface area contributed by atoms with Crippen LogP contribution in [0, 0.1) is 0 Å². The van der Waals surface area contributed by atoms with E-state index < -0.39 is 0 Å². The van der Waals surface area contributed by atoms with E-state index in [4.69, 9.17) is 15.5 Å². The summed E-state index contributed by atoms with van der Waals surface area (Å²) < 4.78 is 5.80. The van der Waals surface area contributed by atoms with Crippen molar-refractivity contribution >= 4 is 16.9 Å². The van der Waals surface area contributed by atoms with Gasteiger partial charge in [-0.1, -0.05) is 24.3 Å². The van der Waals surface area contributed by atoms with Crippen LogP contribution in [-0.2, 0) is 11.3 Å². The summed E-state index contributed by atoms with van der Waals surface area (Å²) in [6.45, 7) is 4.47. The molecule has 0 unspecified atom stereocenters. The first kappa shape index (κ1) is 25.6. The molecule has 3 aliphatic rings. The van der Waals surface area contributed by atoms with Crippen LogP contribution in [0.1, 0.15) is 31.2 Å². The standard InChI is InChI=1S/C32H35N9O/c33-23-2-1-11-40(16-23)15-20-9-10-34-28(12-20)29-14-35-30(39-29)22-5-3-21(4-6-22)27-13-26-31(38-27)36-19-37-32(26)41-24-7-8-25(41)18-42-17-24/h3-6,9-10,12-14,19,23-25H,1-2,7-8,11,15-18,33H2,(H,35,39)(H,36,37,38)/t23-,24-,25+/m1/s1. The molecule has 0 amide bonds. The second-order valence-electron chi connectivity index (χ2n) is 11.9. The average molecular weight is 562 g/mol.